The Hall–Kier alpha value is -1.49. The molecule has 1 rings (SSSR count). The molecule has 0 amide bonds. The third kappa shape index (κ3) is 4.24. The fraction of sp³-hybridized carbons (Fsp3) is 0.250. The van der Waals surface area contributed by atoms with Crippen molar-refractivity contribution >= 4 is 51.8 Å². The summed E-state index contributed by atoms with van der Waals surface area (Å²) in [5.74, 6) is -1.64. The number of hydrogen-bond acceptors (Lipinski definition) is 5. The van der Waals surface area contributed by atoms with Gasteiger partial charge < -0.3 is 4.74 Å². The summed E-state index contributed by atoms with van der Waals surface area (Å²) in [7, 11) is 0. The Bertz CT molecular complexity index is 632. The number of benzene rings is 1. The van der Waals surface area contributed by atoms with Crippen molar-refractivity contribution in [2.75, 3.05) is 12.9 Å². The zero-order valence-corrected chi connectivity index (χ0v) is 13.4. The van der Waals surface area contributed by atoms with Gasteiger partial charge in [-0.05, 0) is 19.2 Å². The van der Waals surface area contributed by atoms with Crippen molar-refractivity contribution in [3.05, 3.63) is 27.5 Å². The zero-order chi connectivity index (χ0) is 16.0. The molecule has 1 aromatic rings. The number of aliphatic imine (C=N–C) groups is 1. The van der Waals surface area contributed by atoms with E-state index in [1.54, 1.807) is 19.4 Å². The molecule has 0 radical (unpaired) electrons. The van der Waals surface area contributed by atoms with E-state index in [0.717, 1.165) is 17.8 Å². The number of amidine groups is 1. The SMILES string of the molecule is CCOC(=O)c1cc(F)c(Cl)c(N=C(NC#N)SC)c1Cl. The molecule has 1 aromatic carbocycles. The number of rotatable bonds is 3. The normalized spacial score (nSPS) is 11.0. The number of ether oxygens (including phenoxy) is 1. The second kappa shape index (κ2) is 8.08. The summed E-state index contributed by atoms with van der Waals surface area (Å²) in [6.45, 7) is 1.73. The molecule has 0 unspecified atom stereocenters. The van der Waals surface area contributed by atoms with Gasteiger partial charge >= 0.3 is 5.97 Å². The van der Waals surface area contributed by atoms with Crippen molar-refractivity contribution in [3.63, 3.8) is 0 Å². The molecular formula is C12H10Cl2FN3O2S. The number of nitriles is 1. The lowest BCUT2D eigenvalue weighted by molar-refractivity contribution is 0.0526. The lowest BCUT2D eigenvalue weighted by Gasteiger charge is -2.10. The lowest BCUT2D eigenvalue weighted by Crippen LogP contribution is -2.13. The van der Waals surface area contributed by atoms with Crippen LogP contribution in [0.3, 0.4) is 0 Å². The molecule has 0 aliphatic carbocycles. The average molecular weight is 350 g/mol. The number of halogens is 3. The maximum absolute atomic E-state index is 13.8. The molecule has 112 valence electrons. The summed E-state index contributed by atoms with van der Waals surface area (Å²) in [5, 5.41) is 10.5. The van der Waals surface area contributed by atoms with Crippen molar-refractivity contribution in [2.24, 2.45) is 4.99 Å². The van der Waals surface area contributed by atoms with Crippen LogP contribution in [0.25, 0.3) is 0 Å². The first kappa shape index (κ1) is 17.6. The molecule has 5 nitrogen and oxygen atoms in total. The molecule has 0 saturated carbocycles. The monoisotopic (exact) mass is 349 g/mol. The van der Waals surface area contributed by atoms with E-state index in [1.165, 1.54) is 0 Å². The second-order valence-corrected chi connectivity index (χ2v) is 5.01. The number of carbonyl (C=O) groups is 1. The van der Waals surface area contributed by atoms with Gasteiger partial charge in [0.2, 0.25) is 0 Å². The van der Waals surface area contributed by atoms with Crippen LogP contribution in [0.5, 0.6) is 0 Å². The van der Waals surface area contributed by atoms with Crippen LogP contribution in [-0.4, -0.2) is 24.0 Å². The molecule has 0 bridgehead atoms. The fourth-order valence-corrected chi connectivity index (χ4v) is 2.16. The minimum atomic E-state index is -0.861. The first-order chi connectivity index (χ1) is 9.96. The second-order valence-electron chi connectivity index (χ2n) is 3.46. The fourth-order valence-electron chi connectivity index (χ4n) is 1.32. The topological polar surface area (TPSA) is 74.5 Å². The largest absolute Gasteiger partial charge is 0.462 e. The quantitative estimate of drug-likeness (QED) is 0.225. The van der Waals surface area contributed by atoms with E-state index in [-0.39, 0.29) is 33.1 Å². The van der Waals surface area contributed by atoms with Gasteiger partial charge in [0, 0.05) is 0 Å². The molecule has 0 fully saturated rings. The first-order valence-corrected chi connectivity index (χ1v) is 7.56. The van der Waals surface area contributed by atoms with Gasteiger partial charge in [0.25, 0.3) is 0 Å². The number of carbonyl (C=O) groups excluding carboxylic acids is 1. The molecule has 9 heteroatoms. The van der Waals surface area contributed by atoms with Gasteiger partial charge in [0.1, 0.15) is 16.5 Å². The third-order valence-electron chi connectivity index (χ3n) is 2.20. The highest BCUT2D eigenvalue weighted by Gasteiger charge is 2.21. The Labute approximate surface area is 135 Å². The summed E-state index contributed by atoms with van der Waals surface area (Å²) in [4.78, 5) is 15.7. The number of nitrogens with one attached hydrogen (secondary N) is 1. The van der Waals surface area contributed by atoms with Crippen LogP contribution < -0.4 is 5.32 Å². The summed E-state index contributed by atoms with van der Waals surface area (Å²) in [6.07, 6.45) is 3.33. The smallest absolute Gasteiger partial charge is 0.339 e. The molecular weight excluding hydrogens is 340 g/mol. The Morgan fingerprint density at radius 3 is 2.76 bits per heavy atom. The van der Waals surface area contributed by atoms with Gasteiger partial charge in [0.05, 0.1) is 17.2 Å². The Morgan fingerprint density at radius 2 is 2.24 bits per heavy atom. The van der Waals surface area contributed by atoms with Crippen LogP contribution in [0, 0.1) is 17.3 Å². The molecule has 0 aliphatic heterocycles. The van der Waals surface area contributed by atoms with E-state index in [0.29, 0.717) is 0 Å². The van der Waals surface area contributed by atoms with Gasteiger partial charge in [-0.25, -0.2) is 14.2 Å². The molecule has 0 atom stereocenters. The number of thioether (sulfide) groups is 1. The molecule has 21 heavy (non-hydrogen) atoms. The Kier molecular flexibility index (Phi) is 6.75. The highest BCUT2D eigenvalue weighted by Crippen LogP contribution is 2.38. The van der Waals surface area contributed by atoms with E-state index < -0.39 is 11.8 Å². The number of hydrogen-bond donors (Lipinski definition) is 1. The minimum Gasteiger partial charge on any atom is -0.462 e. The third-order valence-corrected chi connectivity index (χ3v) is 3.52. The van der Waals surface area contributed by atoms with Crippen LogP contribution in [0.4, 0.5) is 10.1 Å². The molecule has 0 heterocycles. The van der Waals surface area contributed by atoms with Gasteiger partial charge in [-0.2, -0.15) is 5.26 Å². The molecule has 0 spiro atoms. The lowest BCUT2D eigenvalue weighted by atomic mass is 10.2. The van der Waals surface area contributed by atoms with Gasteiger partial charge in [-0.3, -0.25) is 5.32 Å². The van der Waals surface area contributed by atoms with Crippen molar-refractivity contribution in [3.8, 4) is 6.19 Å². The summed E-state index contributed by atoms with van der Waals surface area (Å²) >= 11 is 13.0. The van der Waals surface area contributed by atoms with Crippen LogP contribution in [0.2, 0.25) is 10.0 Å². The summed E-state index contributed by atoms with van der Waals surface area (Å²) in [5.41, 5.74) is -0.329. The van der Waals surface area contributed by atoms with E-state index in [4.69, 9.17) is 33.2 Å². The molecule has 0 aromatic heterocycles. The van der Waals surface area contributed by atoms with Crippen molar-refractivity contribution in [1.82, 2.24) is 5.32 Å². The van der Waals surface area contributed by atoms with Crippen LogP contribution in [-0.2, 0) is 4.74 Å². The highest BCUT2D eigenvalue weighted by atomic mass is 35.5. The highest BCUT2D eigenvalue weighted by molar-refractivity contribution is 8.13. The Balaban J connectivity index is 3.45. The van der Waals surface area contributed by atoms with Crippen LogP contribution in [0.15, 0.2) is 11.1 Å². The summed E-state index contributed by atoms with van der Waals surface area (Å²) < 4.78 is 18.6. The van der Waals surface area contributed by atoms with E-state index in [1.807, 2.05) is 0 Å². The van der Waals surface area contributed by atoms with E-state index >= 15 is 0 Å². The van der Waals surface area contributed by atoms with E-state index in [2.05, 4.69) is 10.3 Å². The van der Waals surface area contributed by atoms with Crippen LogP contribution in [0.1, 0.15) is 17.3 Å². The number of esters is 1. The maximum atomic E-state index is 13.8. The van der Waals surface area contributed by atoms with Crippen LogP contribution >= 0.6 is 35.0 Å². The van der Waals surface area contributed by atoms with Gasteiger partial charge in [-0.1, -0.05) is 35.0 Å². The van der Waals surface area contributed by atoms with Gasteiger partial charge in [0.15, 0.2) is 11.4 Å². The molecule has 1 N–H and O–H groups in total. The average Bonchev–Trinajstić information content (AvgIpc) is 2.46. The molecule has 0 saturated heterocycles. The minimum absolute atomic E-state index is 0.115. The zero-order valence-electron chi connectivity index (χ0n) is 11.0. The molecule has 0 aliphatic rings. The van der Waals surface area contributed by atoms with Crippen molar-refractivity contribution in [2.45, 2.75) is 6.92 Å². The predicted octanol–water partition coefficient (Wildman–Crippen LogP) is 3.73. The predicted molar refractivity (Wildman–Crippen MR) is 81.7 cm³/mol. The standard InChI is InChI=1S/C12H10Cl2FN3O2S/c1-3-20-11(19)6-4-7(15)9(14)10(8(6)13)18-12(21-2)17-5-16/h4H,3H2,1-2H3,(H,17,18). The van der Waals surface area contributed by atoms with Gasteiger partial charge in [-0.15, -0.1) is 0 Å². The first-order valence-electron chi connectivity index (χ1n) is 5.58. The Morgan fingerprint density at radius 1 is 1.57 bits per heavy atom. The summed E-state index contributed by atoms with van der Waals surface area (Å²) in [6, 6.07) is 0.887. The van der Waals surface area contributed by atoms with E-state index in [9.17, 15) is 9.18 Å². The maximum Gasteiger partial charge on any atom is 0.339 e. The van der Waals surface area contributed by atoms with Crippen molar-refractivity contribution in [1.29, 1.82) is 5.26 Å². The van der Waals surface area contributed by atoms with Crippen molar-refractivity contribution < 1.29 is 13.9 Å². The number of nitrogens with zero attached hydrogens (tertiary/aromatic N) is 2.